The number of nitriles is 1. The molecule has 0 saturated heterocycles. The van der Waals surface area contributed by atoms with Gasteiger partial charge in [-0.15, -0.1) is 0 Å². The Bertz CT molecular complexity index is 495. The Balaban J connectivity index is 2.67. The van der Waals surface area contributed by atoms with Crippen LogP contribution in [-0.2, 0) is 6.61 Å². The number of aliphatic hydroxyl groups excluding tert-OH is 1. The lowest BCUT2D eigenvalue weighted by Gasteiger charge is -2.16. The number of methoxy groups -OCH3 is 1. The van der Waals surface area contributed by atoms with Crippen LogP contribution in [0.1, 0.15) is 32.3 Å². The van der Waals surface area contributed by atoms with Gasteiger partial charge in [-0.2, -0.15) is 5.26 Å². The van der Waals surface area contributed by atoms with Crippen molar-refractivity contribution in [2.45, 2.75) is 33.3 Å². The highest BCUT2D eigenvalue weighted by molar-refractivity contribution is 6.32. The molecule has 0 heterocycles. The number of hydrogen-bond acceptors (Lipinski definition) is 4. The second kappa shape index (κ2) is 7.37. The number of hydrogen-bond donors (Lipinski definition) is 1. The molecule has 0 bridgehead atoms. The highest BCUT2D eigenvalue weighted by Gasteiger charge is 2.17. The topological polar surface area (TPSA) is 62.5 Å². The molecule has 0 aliphatic carbocycles. The zero-order valence-electron chi connectivity index (χ0n) is 12.1. The minimum absolute atomic E-state index is 0.104. The van der Waals surface area contributed by atoms with Crippen LogP contribution in [0.2, 0.25) is 5.02 Å². The van der Waals surface area contributed by atoms with E-state index in [1.54, 1.807) is 12.1 Å². The molecule has 1 aromatic rings. The summed E-state index contributed by atoms with van der Waals surface area (Å²) in [6, 6.07) is 5.60. The third kappa shape index (κ3) is 4.59. The van der Waals surface area contributed by atoms with E-state index in [4.69, 9.17) is 31.4 Å². The van der Waals surface area contributed by atoms with Gasteiger partial charge in [-0.1, -0.05) is 11.6 Å². The van der Waals surface area contributed by atoms with Gasteiger partial charge in [-0.25, -0.2) is 0 Å². The van der Waals surface area contributed by atoms with Crippen LogP contribution in [-0.4, -0.2) is 18.8 Å². The SMILES string of the molecule is COc1cc(CO)cc(Cl)c1OCCCC(C)(C)C#N. The Morgan fingerprint density at radius 1 is 1.40 bits per heavy atom. The fourth-order valence-electron chi connectivity index (χ4n) is 1.75. The Morgan fingerprint density at radius 3 is 2.65 bits per heavy atom. The molecule has 0 spiro atoms. The zero-order chi connectivity index (χ0) is 15.2. The second-order valence-electron chi connectivity index (χ2n) is 5.21. The van der Waals surface area contributed by atoms with E-state index in [0.717, 1.165) is 12.8 Å². The summed E-state index contributed by atoms with van der Waals surface area (Å²) in [5.41, 5.74) is 0.322. The normalized spacial score (nSPS) is 11.0. The van der Waals surface area contributed by atoms with Gasteiger partial charge in [0, 0.05) is 0 Å². The minimum Gasteiger partial charge on any atom is -0.493 e. The second-order valence-corrected chi connectivity index (χ2v) is 5.62. The first-order valence-corrected chi connectivity index (χ1v) is 6.82. The van der Waals surface area contributed by atoms with Crippen LogP contribution in [0.15, 0.2) is 12.1 Å². The number of aliphatic hydroxyl groups is 1. The van der Waals surface area contributed by atoms with Crippen molar-refractivity contribution < 1.29 is 14.6 Å². The standard InChI is InChI=1S/C15H20ClNO3/c1-15(2,10-17)5-4-6-20-14-12(16)7-11(9-18)8-13(14)19-3/h7-8,18H,4-6,9H2,1-3H3. The maximum Gasteiger partial charge on any atom is 0.179 e. The van der Waals surface area contributed by atoms with E-state index in [2.05, 4.69) is 6.07 Å². The molecule has 0 aromatic heterocycles. The lowest BCUT2D eigenvalue weighted by atomic mass is 9.90. The van der Waals surface area contributed by atoms with Crippen LogP contribution in [0.5, 0.6) is 11.5 Å². The monoisotopic (exact) mass is 297 g/mol. The molecule has 110 valence electrons. The first-order chi connectivity index (χ1) is 9.43. The third-order valence-electron chi connectivity index (χ3n) is 2.97. The Kier molecular flexibility index (Phi) is 6.12. The van der Waals surface area contributed by atoms with Crippen molar-refractivity contribution in [2.24, 2.45) is 5.41 Å². The van der Waals surface area contributed by atoms with Crippen LogP contribution in [0, 0.1) is 16.7 Å². The molecule has 0 aliphatic heterocycles. The predicted octanol–water partition coefficient (Wildman–Crippen LogP) is 3.55. The largest absolute Gasteiger partial charge is 0.493 e. The van der Waals surface area contributed by atoms with Gasteiger partial charge in [0.15, 0.2) is 11.5 Å². The van der Waals surface area contributed by atoms with Gasteiger partial charge in [0.1, 0.15) is 0 Å². The van der Waals surface area contributed by atoms with Crippen molar-refractivity contribution in [3.8, 4) is 17.6 Å². The van der Waals surface area contributed by atoms with Gasteiger partial charge in [0.2, 0.25) is 0 Å². The molecule has 1 N–H and O–H groups in total. The average Bonchev–Trinajstić information content (AvgIpc) is 2.44. The van der Waals surface area contributed by atoms with E-state index in [1.807, 2.05) is 13.8 Å². The predicted molar refractivity (Wildman–Crippen MR) is 78.0 cm³/mol. The molecule has 20 heavy (non-hydrogen) atoms. The van der Waals surface area contributed by atoms with Crippen LogP contribution in [0.25, 0.3) is 0 Å². The van der Waals surface area contributed by atoms with Crippen LogP contribution in [0.3, 0.4) is 0 Å². The van der Waals surface area contributed by atoms with Crippen LogP contribution in [0.4, 0.5) is 0 Å². The molecule has 5 heteroatoms. The number of ether oxygens (including phenoxy) is 2. The summed E-state index contributed by atoms with van der Waals surface area (Å²) in [4.78, 5) is 0. The van der Waals surface area contributed by atoms with Crippen molar-refractivity contribution in [1.82, 2.24) is 0 Å². The Labute approximate surface area is 124 Å². The molecule has 0 radical (unpaired) electrons. The zero-order valence-corrected chi connectivity index (χ0v) is 12.8. The fraction of sp³-hybridized carbons (Fsp3) is 0.533. The van der Waals surface area contributed by atoms with Gasteiger partial charge in [0.05, 0.1) is 36.8 Å². The maximum atomic E-state index is 9.12. The Hall–Kier alpha value is -1.44. The summed E-state index contributed by atoms with van der Waals surface area (Å²) in [6.07, 6.45) is 1.50. The first kappa shape index (κ1) is 16.6. The minimum atomic E-state index is -0.349. The van der Waals surface area contributed by atoms with Crippen molar-refractivity contribution >= 4 is 11.6 Å². The van der Waals surface area contributed by atoms with Crippen LogP contribution < -0.4 is 9.47 Å². The fourth-order valence-corrected chi connectivity index (χ4v) is 2.04. The van der Waals surface area contributed by atoms with Crippen molar-refractivity contribution in [1.29, 1.82) is 5.26 Å². The molecule has 0 aliphatic rings. The summed E-state index contributed by atoms with van der Waals surface area (Å²) in [7, 11) is 1.53. The summed E-state index contributed by atoms with van der Waals surface area (Å²) < 4.78 is 10.9. The molecule has 1 aromatic carbocycles. The number of rotatable bonds is 7. The summed E-state index contributed by atoms with van der Waals surface area (Å²) in [6.45, 7) is 4.15. The van der Waals surface area contributed by atoms with E-state index in [-0.39, 0.29) is 12.0 Å². The van der Waals surface area contributed by atoms with Crippen LogP contribution >= 0.6 is 11.6 Å². The summed E-state index contributed by atoms with van der Waals surface area (Å²) >= 11 is 6.12. The van der Waals surface area contributed by atoms with Crippen molar-refractivity contribution in [3.63, 3.8) is 0 Å². The quantitative estimate of drug-likeness (QED) is 0.782. The van der Waals surface area contributed by atoms with Gasteiger partial charge in [-0.05, 0) is 44.4 Å². The lowest BCUT2D eigenvalue weighted by molar-refractivity contribution is 0.266. The smallest absolute Gasteiger partial charge is 0.179 e. The molecule has 0 atom stereocenters. The van der Waals surface area contributed by atoms with Gasteiger partial charge < -0.3 is 14.6 Å². The average molecular weight is 298 g/mol. The van der Waals surface area contributed by atoms with E-state index in [1.165, 1.54) is 7.11 Å². The highest BCUT2D eigenvalue weighted by Crippen LogP contribution is 2.36. The number of nitrogens with zero attached hydrogens (tertiary/aromatic N) is 1. The van der Waals surface area contributed by atoms with E-state index in [9.17, 15) is 0 Å². The summed E-state index contributed by atoms with van der Waals surface area (Å²) in [5, 5.41) is 18.5. The molecule has 1 rings (SSSR count). The van der Waals surface area contributed by atoms with E-state index in [0.29, 0.717) is 28.7 Å². The molecule has 0 fully saturated rings. The van der Waals surface area contributed by atoms with Gasteiger partial charge >= 0.3 is 0 Å². The molecule has 4 nitrogen and oxygen atoms in total. The number of benzene rings is 1. The summed E-state index contributed by atoms with van der Waals surface area (Å²) in [5.74, 6) is 0.974. The molecule has 0 unspecified atom stereocenters. The maximum absolute atomic E-state index is 9.12. The Morgan fingerprint density at radius 2 is 2.10 bits per heavy atom. The first-order valence-electron chi connectivity index (χ1n) is 6.45. The van der Waals surface area contributed by atoms with Crippen molar-refractivity contribution in [2.75, 3.05) is 13.7 Å². The molecule has 0 saturated carbocycles. The molecular formula is C15H20ClNO3. The molecular weight excluding hydrogens is 278 g/mol. The lowest BCUT2D eigenvalue weighted by Crippen LogP contribution is -2.10. The molecule has 0 amide bonds. The van der Waals surface area contributed by atoms with Gasteiger partial charge in [-0.3, -0.25) is 0 Å². The van der Waals surface area contributed by atoms with E-state index < -0.39 is 0 Å². The van der Waals surface area contributed by atoms with Crippen molar-refractivity contribution in [3.05, 3.63) is 22.7 Å². The van der Waals surface area contributed by atoms with Gasteiger partial charge in [0.25, 0.3) is 0 Å². The highest BCUT2D eigenvalue weighted by atomic mass is 35.5. The van der Waals surface area contributed by atoms with E-state index >= 15 is 0 Å². The number of halogens is 1. The third-order valence-corrected chi connectivity index (χ3v) is 3.25.